The summed E-state index contributed by atoms with van der Waals surface area (Å²) in [7, 11) is -2.25. The number of carbonyl (C=O) groups excluding carboxylic acids is 1. The number of sulfonamides is 1. The minimum absolute atomic E-state index is 0.111. The second-order valence-electron chi connectivity index (χ2n) is 5.11. The van der Waals surface area contributed by atoms with Crippen LogP contribution in [0.15, 0.2) is 27.6 Å². The topological polar surface area (TPSA) is 98.5 Å². The Morgan fingerprint density at radius 1 is 1.48 bits per heavy atom. The molecule has 8 heteroatoms. The van der Waals surface area contributed by atoms with Gasteiger partial charge in [-0.2, -0.15) is 0 Å². The lowest BCUT2D eigenvalue weighted by atomic mass is 9.80. The molecule has 0 unspecified atom stereocenters. The van der Waals surface area contributed by atoms with Crippen molar-refractivity contribution < 1.29 is 17.9 Å². The van der Waals surface area contributed by atoms with Crippen molar-refractivity contribution in [3.8, 4) is 0 Å². The highest BCUT2D eigenvalue weighted by molar-refractivity contribution is 9.10. The lowest BCUT2D eigenvalue weighted by molar-refractivity contribution is -0.0679. The minimum Gasteiger partial charge on any atom is -0.376 e. The van der Waals surface area contributed by atoms with Crippen LogP contribution < -0.4 is 10.5 Å². The van der Waals surface area contributed by atoms with Crippen LogP contribution in [0.4, 0.5) is 0 Å². The molecule has 0 spiro atoms. The first-order valence-electron chi connectivity index (χ1n) is 6.43. The lowest BCUT2D eigenvalue weighted by Gasteiger charge is -2.40. The van der Waals surface area contributed by atoms with Crippen LogP contribution in [0.5, 0.6) is 0 Å². The maximum Gasteiger partial charge on any atom is 0.251 e. The fourth-order valence-corrected chi connectivity index (χ4v) is 3.78. The zero-order valence-corrected chi connectivity index (χ0v) is 14.0. The number of nitrogens with two attached hydrogens (primary N) is 1. The van der Waals surface area contributed by atoms with Crippen molar-refractivity contribution in [2.75, 3.05) is 13.7 Å². The number of hydrogen-bond acceptors (Lipinski definition) is 4. The first-order valence-corrected chi connectivity index (χ1v) is 8.77. The zero-order valence-electron chi connectivity index (χ0n) is 11.6. The first-order chi connectivity index (χ1) is 9.77. The van der Waals surface area contributed by atoms with Crippen LogP contribution in [0.1, 0.15) is 29.6 Å². The number of amides is 1. The van der Waals surface area contributed by atoms with Crippen LogP contribution in [-0.4, -0.2) is 33.6 Å². The number of nitrogens with one attached hydrogen (secondary N) is 1. The van der Waals surface area contributed by atoms with E-state index in [0.29, 0.717) is 11.0 Å². The van der Waals surface area contributed by atoms with Gasteiger partial charge in [-0.3, -0.25) is 4.79 Å². The van der Waals surface area contributed by atoms with Gasteiger partial charge >= 0.3 is 0 Å². The van der Waals surface area contributed by atoms with Crippen molar-refractivity contribution in [2.45, 2.75) is 29.8 Å². The van der Waals surface area contributed by atoms with Crippen LogP contribution >= 0.6 is 15.9 Å². The Bertz CT molecular complexity index is 651. The third-order valence-corrected chi connectivity index (χ3v) is 5.67. The molecule has 2 rings (SSSR count). The monoisotopic (exact) mass is 376 g/mol. The molecule has 0 saturated heterocycles. The molecule has 1 fully saturated rings. The maximum absolute atomic E-state index is 12.1. The summed E-state index contributed by atoms with van der Waals surface area (Å²) >= 11 is 3.11. The third kappa shape index (κ3) is 3.63. The lowest BCUT2D eigenvalue weighted by Crippen LogP contribution is -2.49. The number of hydrogen-bond donors (Lipinski definition) is 2. The van der Waals surface area contributed by atoms with Gasteiger partial charge in [0.15, 0.2) is 0 Å². The van der Waals surface area contributed by atoms with E-state index in [-0.39, 0.29) is 22.0 Å². The molecule has 3 N–H and O–H groups in total. The first kappa shape index (κ1) is 16.4. The summed E-state index contributed by atoms with van der Waals surface area (Å²) in [5.41, 5.74) is -0.0406. The van der Waals surface area contributed by atoms with Gasteiger partial charge in [0.1, 0.15) is 0 Å². The quantitative estimate of drug-likeness (QED) is 0.810. The molecule has 0 radical (unpaired) electrons. The predicted octanol–water partition coefficient (Wildman–Crippen LogP) is 1.40. The van der Waals surface area contributed by atoms with Crippen molar-refractivity contribution in [3.63, 3.8) is 0 Å². The summed E-state index contributed by atoms with van der Waals surface area (Å²) in [6.45, 7) is 0.406. The Morgan fingerprint density at radius 2 is 2.14 bits per heavy atom. The molecule has 1 aromatic carbocycles. The van der Waals surface area contributed by atoms with Crippen molar-refractivity contribution >= 4 is 31.9 Å². The van der Waals surface area contributed by atoms with Crippen LogP contribution in [0.2, 0.25) is 0 Å². The van der Waals surface area contributed by atoms with E-state index in [9.17, 15) is 13.2 Å². The van der Waals surface area contributed by atoms with Gasteiger partial charge in [-0.15, -0.1) is 0 Å². The zero-order chi connectivity index (χ0) is 15.7. The van der Waals surface area contributed by atoms with Crippen molar-refractivity contribution in [2.24, 2.45) is 5.14 Å². The van der Waals surface area contributed by atoms with Gasteiger partial charge in [-0.25, -0.2) is 13.6 Å². The molecule has 0 heterocycles. The molecular weight excluding hydrogens is 360 g/mol. The van der Waals surface area contributed by atoms with Crippen molar-refractivity contribution in [3.05, 3.63) is 28.2 Å². The van der Waals surface area contributed by atoms with Gasteiger partial charge in [0, 0.05) is 23.7 Å². The van der Waals surface area contributed by atoms with E-state index in [2.05, 4.69) is 21.2 Å². The normalized spacial score (nSPS) is 17.1. The van der Waals surface area contributed by atoms with E-state index >= 15 is 0 Å². The summed E-state index contributed by atoms with van der Waals surface area (Å²) in [6.07, 6.45) is 2.90. The number of halogens is 1. The number of methoxy groups -OCH3 is 1. The molecule has 1 aliphatic carbocycles. The molecular formula is C13H17BrN2O4S. The Labute approximate surface area is 132 Å². The highest BCUT2D eigenvalue weighted by Gasteiger charge is 2.37. The molecule has 0 atom stereocenters. The largest absolute Gasteiger partial charge is 0.376 e. The van der Waals surface area contributed by atoms with Gasteiger partial charge in [0.2, 0.25) is 10.0 Å². The fourth-order valence-electron chi connectivity index (χ4n) is 2.23. The number of benzene rings is 1. The van der Waals surface area contributed by atoms with Gasteiger partial charge in [-0.05, 0) is 53.4 Å². The Morgan fingerprint density at radius 3 is 2.62 bits per heavy atom. The number of carbonyl (C=O) groups is 1. The van der Waals surface area contributed by atoms with E-state index < -0.39 is 10.0 Å². The molecule has 1 saturated carbocycles. The standard InChI is InChI=1S/C13H17BrN2O4S/c1-20-13(5-2-6-13)8-16-12(17)9-3-4-10(14)11(7-9)21(15,18)19/h3-4,7H,2,5-6,8H2,1H3,(H,16,17)(H2,15,18,19). The van der Waals surface area contributed by atoms with Crippen molar-refractivity contribution in [1.82, 2.24) is 5.32 Å². The Hall–Kier alpha value is -0.960. The fraction of sp³-hybridized carbons (Fsp3) is 0.462. The van der Waals surface area contributed by atoms with Gasteiger partial charge in [-0.1, -0.05) is 0 Å². The van der Waals surface area contributed by atoms with E-state index in [1.165, 1.54) is 18.2 Å². The van der Waals surface area contributed by atoms with Gasteiger partial charge in [0.05, 0.1) is 10.5 Å². The average Bonchev–Trinajstić information content (AvgIpc) is 2.37. The number of primary sulfonamides is 1. The second-order valence-corrected chi connectivity index (χ2v) is 7.50. The molecule has 1 amide bonds. The van der Waals surface area contributed by atoms with E-state index in [0.717, 1.165) is 19.3 Å². The van der Waals surface area contributed by atoms with Crippen LogP contribution in [0.3, 0.4) is 0 Å². The highest BCUT2D eigenvalue weighted by Crippen LogP contribution is 2.34. The Balaban J connectivity index is 2.13. The van der Waals surface area contributed by atoms with E-state index in [1.54, 1.807) is 7.11 Å². The molecule has 21 heavy (non-hydrogen) atoms. The molecule has 1 aliphatic rings. The predicted molar refractivity (Wildman–Crippen MR) is 81.4 cm³/mol. The Kier molecular flexibility index (Phi) is 4.72. The summed E-state index contributed by atoms with van der Waals surface area (Å²) in [6, 6.07) is 4.29. The highest BCUT2D eigenvalue weighted by atomic mass is 79.9. The van der Waals surface area contributed by atoms with E-state index in [1.807, 2.05) is 0 Å². The smallest absolute Gasteiger partial charge is 0.251 e. The molecule has 1 aromatic rings. The summed E-state index contributed by atoms with van der Waals surface area (Å²) < 4.78 is 28.6. The van der Waals surface area contributed by atoms with E-state index in [4.69, 9.17) is 9.88 Å². The molecule has 0 aliphatic heterocycles. The maximum atomic E-state index is 12.1. The second kappa shape index (κ2) is 6.04. The van der Waals surface area contributed by atoms with Crippen LogP contribution in [0, 0.1) is 0 Å². The SMILES string of the molecule is COC1(CNC(=O)c2ccc(Br)c(S(N)(=O)=O)c2)CCC1. The molecule has 6 nitrogen and oxygen atoms in total. The number of rotatable bonds is 5. The average molecular weight is 377 g/mol. The molecule has 116 valence electrons. The van der Waals surface area contributed by atoms with Crippen molar-refractivity contribution in [1.29, 1.82) is 0 Å². The van der Waals surface area contributed by atoms with Crippen LogP contribution in [-0.2, 0) is 14.8 Å². The number of ether oxygens (including phenoxy) is 1. The summed E-state index contributed by atoms with van der Waals surface area (Å²) in [5, 5.41) is 7.89. The summed E-state index contributed by atoms with van der Waals surface area (Å²) in [4.78, 5) is 12.0. The van der Waals surface area contributed by atoms with Gasteiger partial charge < -0.3 is 10.1 Å². The summed E-state index contributed by atoms with van der Waals surface area (Å²) in [5.74, 6) is -0.351. The minimum atomic E-state index is -3.88. The molecule has 0 bridgehead atoms. The third-order valence-electron chi connectivity index (χ3n) is 3.77. The van der Waals surface area contributed by atoms with Gasteiger partial charge in [0.25, 0.3) is 5.91 Å². The molecule has 0 aromatic heterocycles. The van der Waals surface area contributed by atoms with Crippen LogP contribution in [0.25, 0.3) is 0 Å².